The molecule has 0 spiro atoms. The van der Waals surface area contributed by atoms with Crippen LogP contribution in [0.25, 0.3) is 11.3 Å². The zero-order chi connectivity index (χ0) is 25.8. The maximum Gasteiger partial charge on any atom is 0.230 e. The van der Waals surface area contributed by atoms with Gasteiger partial charge in [-0.2, -0.15) is 0 Å². The molecule has 0 aliphatic carbocycles. The largest absolute Gasteiger partial charge is 0.772 e. The number of carbonyl (C=O) groups excluding carboxylic acids is 2. The van der Waals surface area contributed by atoms with Crippen LogP contribution in [0.5, 0.6) is 0 Å². The Morgan fingerprint density at radius 2 is 1.78 bits per heavy atom. The predicted octanol–water partition coefficient (Wildman–Crippen LogP) is 6.47. The zero-order valence-corrected chi connectivity index (χ0v) is 22.0. The number of amides is 1. The number of aromatic nitrogens is 1. The van der Waals surface area contributed by atoms with Crippen LogP contribution in [-0.4, -0.2) is 25.4 Å². The van der Waals surface area contributed by atoms with Gasteiger partial charge in [0.15, 0.2) is 5.13 Å². The second-order valence-corrected chi connectivity index (χ2v) is 11.0. The number of ketones is 1. The fourth-order valence-corrected chi connectivity index (χ4v) is 5.24. The third-order valence-corrected chi connectivity index (χ3v) is 7.78. The smallest absolute Gasteiger partial charge is 0.230 e. The van der Waals surface area contributed by atoms with Crippen molar-refractivity contribution < 1.29 is 18.4 Å². The van der Waals surface area contributed by atoms with Gasteiger partial charge >= 0.3 is 0 Å². The molecule has 4 aromatic rings. The van der Waals surface area contributed by atoms with Crippen molar-refractivity contribution in [2.24, 2.45) is 0 Å². The molecule has 6 nitrogen and oxygen atoms in total. The van der Waals surface area contributed by atoms with E-state index in [1.807, 2.05) is 0 Å². The van der Waals surface area contributed by atoms with Crippen molar-refractivity contribution in [1.82, 2.24) is 4.98 Å². The van der Waals surface area contributed by atoms with Crippen LogP contribution in [0.15, 0.2) is 72.8 Å². The van der Waals surface area contributed by atoms with E-state index in [0.717, 1.165) is 11.3 Å². The van der Waals surface area contributed by atoms with E-state index in [1.165, 1.54) is 0 Å². The summed E-state index contributed by atoms with van der Waals surface area (Å²) in [6.45, 7) is 1.59. The monoisotopic (exact) mass is 557 g/mol. The number of halogens is 2. The molecule has 1 aromatic heterocycles. The molecule has 2 unspecified atom stereocenters. The highest BCUT2D eigenvalue weighted by Crippen LogP contribution is 2.35. The summed E-state index contributed by atoms with van der Waals surface area (Å²) in [4.78, 5) is 31.0. The summed E-state index contributed by atoms with van der Waals surface area (Å²) in [7, 11) is 0. The molecule has 0 saturated heterocycles. The highest BCUT2D eigenvalue weighted by Gasteiger charge is 2.23. The molecule has 36 heavy (non-hydrogen) atoms. The summed E-state index contributed by atoms with van der Waals surface area (Å²) in [5.41, 5.74) is 2.71. The minimum atomic E-state index is -2.22. The Kier molecular flexibility index (Phi) is 8.33. The Labute approximate surface area is 224 Å². The fraction of sp³-hybridized carbons (Fsp3) is 0.115. The maximum absolute atomic E-state index is 13.4. The lowest BCUT2D eigenvalue weighted by atomic mass is 10.1. The minimum Gasteiger partial charge on any atom is -0.772 e. The second kappa shape index (κ2) is 11.5. The van der Waals surface area contributed by atoms with Gasteiger partial charge in [-0.25, -0.2) is 4.98 Å². The van der Waals surface area contributed by atoms with E-state index in [0.29, 0.717) is 42.9 Å². The van der Waals surface area contributed by atoms with Gasteiger partial charge in [-0.05, 0) is 53.4 Å². The van der Waals surface area contributed by atoms with Crippen molar-refractivity contribution in [3.8, 4) is 11.3 Å². The van der Waals surface area contributed by atoms with Crippen LogP contribution in [0.1, 0.15) is 38.5 Å². The molecular formula is C26H19Cl2N2O4S2-. The number of thiazole rings is 1. The van der Waals surface area contributed by atoms with Crippen molar-refractivity contribution in [2.45, 2.75) is 18.6 Å². The summed E-state index contributed by atoms with van der Waals surface area (Å²) >= 11 is 11.3. The molecule has 1 heterocycles. The minimum absolute atomic E-state index is 0.0506. The molecule has 0 fully saturated rings. The summed E-state index contributed by atoms with van der Waals surface area (Å²) in [6.07, 6.45) is 0.0506. The van der Waals surface area contributed by atoms with Gasteiger partial charge in [0.05, 0.1) is 17.1 Å². The molecule has 4 rings (SSSR count). The van der Waals surface area contributed by atoms with E-state index >= 15 is 0 Å². The standard InChI is InChI=1S/C26H20Cl2N2O4S2/c1-15(36(33)34)17-11-9-16(10-12-17)13-22(31)29-26-30-23(18-5-4-6-19(27)14-18)25(35-26)24(32)20-7-2-3-8-21(20)28/h2-12,14-15H,13H2,1H3,(H,33,34)(H,29,30,31)/p-1. The van der Waals surface area contributed by atoms with Crippen LogP contribution in [0.3, 0.4) is 0 Å². The van der Waals surface area contributed by atoms with Gasteiger partial charge in [0.2, 0.25) is 11.7 Å². The van der Waals surface area contributed by atoms with Gasteiger partial charge in [0.25, 0.3) is 0 Å². The molecule has 0 aliphatic heterocycles. The molecule has 1 amide bonds. The number of nitrogens with zero attached hydrogens (tertiary/aromatic N) is 1. The van der Waals surface area contributed by atoms with E-state index in [4.69, 9.17) is 23.2 Å². The molecule has 10 heteroatoms. The normalized spacial score (nSPS) is 12.7. The Morgan fingerprint density at radius 3 is 2.44 bits per heavy atom. The number of carbonyl (C=O) groups is 2. The van der Waals surface area contributed by atoms with Gasteiger partial charge in [0, 0.05) is 21.4 Å². The molecule has 0 aliphatic rings. The van der Waals surface area contributed by atoms with E-state index in [-0.39, 0.29) is 23.2 Å². The lowest BCUT2D eigenvalue weighted by Gasteiger charge is -2.15. The van der Waals surface area contributed by atoms with Crippen molar-refractivity contribution in [3.05, 3.63) is 104 Å². The summed E-state index contributed by atoms with van der Waals surface area (Å²) in [6, 6.07) is 20.5. The Balaban J connectivity index is 1.60. The van der Waals surface area contributed by atoms with Crippen molar-refractivity contribution >= 4 is 62.4 Å². The highest BCUT2D eigenvalue weighted by atomic mass is 35.5. The average Bonchev–Trinajstić information content (AvgIpc) is 3.27. The predicted molar refractivity (Wildman–Crippen MR) is 144 cm³/mol. The van der Waals surface area contributed by atoms with Gasteiger partial charge in [-0.1, -0.05) is 83.1 Å². The maximum atomic E-state index is 13.4. The SMILES string of the molecule is CC(c1ccc(CC(=O)Nc2nc(-c3cccc(Cl)c3)c(C(=O)c3ccccc3Cl)s2)cc1)S(=O)[O-]. The third-order valence-electron chi connectivity index (χ3n) is 5.40. The average molecular weight is 558 g/mol. The van der Waals surface area contributed by atoms with E-state index in [2.05, 4.69) is 10.3 Å². The molecule has 0 bridgehead atoms. The van der Waals surface area contributed by atoms with Crippen molar-refractivity contribution in [1.29, 1.82) is 0 Å². The first-order valence-electron chi connectivity index (χ1n) is 10.8. The molecule has 2 atom stereocenters. The Bertz CT molecular complexity index is 1450. The molecule has 3 aromatic carbocycles. The van der Waals surface area contributed by atoms with Crippen LogP contribution in [0, 0.1) is 0 Å². The Hall–Kier alpha value is -2.88. The Morgan fingerprint density at radius 1 is 1.06 bits per heavy atom. The lowest BCUT2D eigenvalue weighted by molar-refractivity contribution is -0.115. The van der Waals surface area contributed by atoms with E-state index in [1.54, 1.807) is 79.7 Å². The van der Waals surface area contributed by atoms with E-state index in [9.17, 15) is 18.4 Å². The third kappa shape index (κ3) is 6.08. The number of benzene rings is 3. The van der Waals surface area contributed by atoms with Gasteiger partial charge in [0.1, 0.15) is 4.88 Å². The first kappa shape index (κ1) is 26.2. The van der Waals surface area contributed by atoms with Gasteiger partial charge in [-0.15, -0.1) is 0 Å². The van der Waals surface area contributed by atoms with Crippen molar-refractivity contribution in [2.75, 3.05) is 5.32 Å². The molecule has 0 radical (unpaired) electrons. The van der Waals surface area contributed by atoms with Gasteiger partial charge in [-0.3, -0.25) is 13.8 Å². The number of hydrogen-bond acceptors (Lipinski definition) is 6. The molecule has 1 N–H and O–H groups in total. The number of rotatable bonds is 8. The molecule has 0 saturated carbocycles. The number of anilines is 1. The molecule has 184 valence electrons. The first-order chi connectivity index (χ1) is 17.2. The quantitative estimate of drug-likeness (QED) is 0.197. The summed E-state index contributed by atoms with van der Waals surface area (Å²) in [5, 5.41) is 3.19. The van der Waals surface area contributed by atoms with Crippen LogP contribution in [0.2, 0.25) is 10.0 Å². The topological polar surface area (TPSA) is 99.2 Å². The van der Waals surface area contributed by atoms with Crippen LogP contribution < -0.4 is 5.32 Å². The zero-order valence-electron chi connectivity index (χ0n) is 18.9. The lowest BCUT2D eigenvalue weighted by Crippen LogP contribution is -2.14. The van der Waals surface area contributed by atoms with Gasteiger partial charge < -0.3 is 9.87 Å². The van der Waals surface area contributed by atoms with E-state index < -0.39 is 16.3 Å². The van der Waals surface area contributed by atoms with Crippen LogP contribution in [0.4, 0.5) is 5.13 Å². The first-order valence-corrected chi connectivity index (χ1v) is 13.5. The van der Waals surface area contributed by atoms with Crippen LogP contribution in [-0.2, 0) is 22.3 Å². The summed E-state index contributed by atoms with van der Waals surface area (Å²) in [5.74, 6) is -0.639. The fourth-order valence-electron chi connectivity index (χ4n) is 3.49. The summed E-state index contributed by atoms with van der Waals surface area (Å²) < 4.78 is 22.3. The number of hydrogen-bond donors (Lipinski definition) is 1. The van der Waals surface area contributed by atoms with Crippen molar-refractivity contribution in [3.63, 3.8) is 0 Å². The highest BCUT2D eigenvalue weighted by molar-refractivity contribution is 7.79. The second-order valence-electron chi connectivity index (χ2n) is 7.89. The molecular weight excluding hydrogens is 539 g/mol. The van der Waals surface area contributed by atoms with Crippen LogP contribution >= 0.6 is 34.5 Å². The number of nitrogens with one attached hydrogen (secondary N) is 1.